The van der Waals surface area contributed by atoms with Gasteiger partial charge < -0.3 is 24.4 Å². The van der Waals surface area contributed by atoms with Crippen LogP contribution < -0.4 is 10.2 Å². The lowest BCUT2D eigenvalue weighted by Gasteiger charge is -2.34. The van der Waals surface area contributed by atoms with Gasteiger partial charge in [-0.05, 0) is 60.9 Å². The van der Waals surface area contributed by atoms with Crippen LogP contribution in [0.5, 0.6) is 0 Å². The van der Waals surface area contributed by atoms with Gasteiger partial charge in [-0.15, -0.1) is 0 Å². The molecule has 10 heteroatoms. The highest BCUT2D eigenvalue weighted by molar-refractivity contribution is 6.08. The van der Waals surface area contributed by atoms with Gasteiger partial charge in [0.05, 0.1) is 30.4 Å². The van der Waals surface area contributed by atoms with Crippen molar-refractivity contribution in [1.82, 2.24) is 19.6 Å². The van der Waals surface area contributed by atoms with Crippen molar-refractivity contribution in [2.24, 2.45) is 7.05 Å². The summed E-state index contributed by atoms with van der Waals surface area (Å²) in [5.41, 5.74) is 5.20. The molecule has 1 saturated heterocycles. The fourth-order valence-corrected chi connectivity index (χ4v) is 5.52. The van der Waals surface area contributed by atoms with E-state index in [0.29, 0.717) is 56.9 Å². The van der Waals surface area contributed by atoms with Gasteiger partial charge >= 0.3 is 0 Å². The first-order valence-electron chi connectivity index (χ1n) is 13.8. The minimum atomic E-state index is -0.145. The molecule has 6 rings (SSSR count). The molecule has 0 atom stereocenters. The van der Waals surface area contributed by atoms with Crippen molar-refractivity contribution < 1.29 is 18.8 Å². The van der Waals surface area contributed by atoms with E-state index < -0.39 is 0 Å². The fourth-order valence-electron chi connectivity index (χ4n) is 5.52. The molecule has 0 bridgehead atoms. The topological polar surface area (TPSA) is 104 Å². The number of rotatable bonds is 5. The van der Waals surface area contributed by atoms with Crippen molar-refractivity contribution in [1.29, 1.82) is 0 Å². The second-order valence-electron chi connectivity index (χ2n) is 10.5. The van der Waals surface area contributed by atoms with Crippen molar-refractivity contribution in [2.45, 2.75) is 26.3 Å². The first kappa shape index (κ1) is 26.4. The van der Waals surface area contributed by atoms with Gasteiger partial charge in [0.25, 0.3) is 11.8 Å². The van der Waals surface area contributed by atoms with Crippen molar-refractivity contribution in [3.63, 3.8) is 0 Å². The summed E-state index contributed by atoms with van der Waals surface area (Å²) < 4.78 is 6.99. The summed E-state index contributed by atoms with van der Waals surface area (Å²) >= 11 is 0. The lowest BCUT2D eigenvalue weighted by atomic mass is 10.00. The number of hydrogen-bond donors (Lipinski definition) is 1. The molecule has 1 fully saturated rings. The molecular formula is C31H32N6O4. The lowest BCUT2D eigenvalue weighted by molar-refractivity contribution is -0.132. The summed E-state index contributed by atoms with van der Waals surface area (Å²) in [6.45, 7) is 4.35. The molecule has 0 radical (unpaired) electrons. The third-order valence-electron chi connectivity index (χ3n) is 7.89. The normalized spacial score (nSPS) is 14.6. The molecular weight excluding hydrogens is 520 g/mol. The van der Waals surface area contributed by atoms with Gasteiger partial charge in [-0.3, -0.25) is 19.1 Å². The van der Waals surface area contributed by atoms with Crippen LogP contribution in [0.1, 0.15) is 44.0 Å². The Morgan fingerprint density at radius 2 is 1.73 bits per heavy atom. The number of anilines is 3. The smallest absolute Gasteiger partial charge is 0.289 e. The van der Waals surface area contributed by atoms with Crippen LogP contribution in [0.15, 0.2) is 71.5 Å². The van der Waals surface area contributed by atoms with Crippen LogP contribution in [0.3, 0.4) is 0 Å². The Morgan fingerprint density at radius 1 is 0.951 bits per heavy atom. The molecule has 41 heavy (non-hydrogen) atoms. The Balaban J connectivity index is 1.09. The molecule has 3 amide bonds. The Labute approximate surface area is 238 Å². The number of hydrogen-bond acceptors (Lipinski definition) is 6. The number of fused-ring (bicyclic) bond motifs is 2. The average molecular weight is 553 g/mol. The van der Waals surface area contributed by atoms with E-state index in [9.17, 15) is 14.4 Å². The maximum Gasteiger partial charge on any atom is 0.289 e. The summed E-state index contributed by atoms with van der Waals surface area (Å²) in [6, 6.07) is 16.8. The van der Waals surface area contributed by atoms with E-state index in [1.165, 1.54) is 6.26 Å². The summed E-state index contributed by atoms with van der Waals surface area (Å²) in [5, 5.41) is 7.78. The standard InChI is InChI=1S/C31H32N6O4/c1-21-18-23(30(39)37-20-24-19-32-34(2)29(24)33-25-6-3-4-7-26(25)37)10-9-22(21)11-12-28(38)35-13-15-36(16-14-35)31(40)27-8-5-17-41-27/h3-10,17-19,33H,11-16,20H2,1-2H3. The number of amides is 3. The van der Waals surface area contributed by atoms with Gasteiger partial charge in [-0.1, -0.05) is 18.2 Å². The van der Waals surface area contributed by atoms with Gasteiger partial charge in [0, 0.05) is 50.8 Å². The molecule has 1 N–H and O–H groups in total. The molecule has 0 spiro atoms. The molecule has 2 aromatic heterocycles. The molecule has 0 aliphatic carbocycles. The largest absolute Gasteiger partial charge is 0.459 e. The second-order valence-corrected chi connectivity index (χ2v) is 10.5. The highest BCUT2D eigenvalue weighted by Crippen LogP contribution is 2.36. The Kier molecular flexibility index (Phi) is 7.05. The average Bonchev–Trinajstić information content (AvgIpc) is 3.61. The number of furan rings is 1. The number of benzene rings is 2. The van der Waals surface area contributed by atoms with Crippen LogP contribution in [-0.4, -0.2) is 63.5 Å². The third kappa shape index (κ3) is 5.20. The van der Waals surface area contributed by atoms with Crippen LogP contribution in [0.2, 0.25) is 0 Å². The maximum absolute atomic E-state index is 13.8. The Hall–Kier alpha value is -4.86. The van der Waals surface area contributed by atoms with Gasteiger partial charge in [0.2, 0.25) is 5.91 Å². The van der Waals surface area contributed by atoms with Crippen LogP contribution in [0.4, 0.5) is 17.2 Å². The van der Waals surface area contributed by atoms with Crippen LogP contribution in [0.25, 0.3) is 0 Å². The number of nitrogens with one attached hydrogen (secondary N) is 1. The van der Waals surface area contributed by atoms with E-state index in [1.54, 1.807) is 32.8 Å². The second kappa shape index (κ2) is 11.0. The molecule has 0 saturated carbocycles. The fraction of sp³-hybridized carbons (Fsp3) is 0.290. The number of nitrogens with zero attached hydrogens (tertiary/aromatic N) is 5. The van der Waals surface area contributed by atoms with Crippen molar-refractivity contribution in [3.8, 4) is 0 Å². The highest BCUT2D eigenvalue weighted by Gasteiger charge is 2.28. The van der Waals surface area contributed by atoms with Crippen molar-refractivity contribution in [3.05, 3.63) is 95.1 Å². The van der Waals surface area contributed by atoms with E-state index in [-0.39, 0.29) is 17.7 Å². The number of carbonyl (C=O) groups excluding carboxylic acids is 3. The van der Waals surface area contributed by atoms with Crippen LogP contribution in [0, 0.1) is 6.92 Å². The molecule has 2 aliphatic rings. The molecule has 2 aromatic carbocycles. The minimum Gasteiger partial charge on any atom is -0.459 e. The van der Waals surface area contributed by atoms with Gasteiger partial charge in [0.1, 0.15) is 5.82 Å². The number of carbonyl (C=O) groups is 3. The van der Waals surface area contributed by atoms with E-state index in [2.05, 4.69) is 10.4 Å². The zero-order chi connectivity index (χ0) is 28.5. The summed E-state index contributed by atoms with van der Waals surface area (Å²) in [5.74, 6) is 1.02. The number of aryl methyl sites for hydroxylation is 3. The predicted molar refractivity (Wildman–Crippen MR) is 154 cm³/mol. The predicted octanol–water partition coefficient (Wildman–Crippen LogP) is 4.14. The zero-order valence-electron chi connectivity index (χ0n) is 23.2. The van der Waals surface area contributed by atoms with Gasteiger partial charge in [-0.2, -0.15) is 5.10 Å². The van der Waals surface area contributed by atoms with Crippen molar-refractivity contribution >= 4 is 34.9 Å². The molecule has 0 unspecified atom stereocenters. The number of para-hydroxylation sites is 2. The van der Waals surface area contributed by atoms with Gasteiger partial charge in [0.15, 0.2) is 5.76 Å². The highest BCUT2D eigenvalue weighted by atomic mass is 16.3. The molecule has 4 aromatic rings. The summed E-state index contributed by atoms with van der Waals surface area (Å²) in [7, 11) is 1.88. The monoisotopic (exact) mass is 552 g/mol. The third-order valence-corrected chi connectivity index (χ3v) is 7.89. The Morgan fingerprint density at radius 3 is 2.49 bits per heavy atom. The van der Waals surface area contributed by atoms with E-state index in [1.807, 2.05) is 61.3 Å². The molecule has 10 nitrogen and oxygen atoms in total. The van der Waals surface area contributed by atoms with Crippen LogP contribution >= 0.6 is 0 Å². The molecule has 210 valence electrons. The number of piperazine rings is 1. The van der Waals surface area contributed by atoms with Gasteiger partial charge in [-0.25, -0.2) is 0 Å². The van der Waals surface area contributed by atoms with Crippen molar-refractivity contribution in [2.75, 3.05) is 36.4 Å². The summed E-state index contributed by atoms with van der Waals surface area (Å²) in [4.78, 5) is 44.6. The first-order chi connectivity index (χ1) is 19.9. The first-order valence-corrected chi connectivity index (χ1v) is 13.8. The zero-order valence-corrected chi connectivity index (χ0v) is 23.2. The van der Waals surface area contributed by atoms with Crippen LogP contribution in [-0.2, 0) is 24.8 Å². The van der Waals surface area contributed by atoms with E-state index in [0.717, 1.165) is 33.9 Å². The lowest BCUT2D eigenvalue weighted by Crippen LogP contribution is -2.50. The van der Waals surface area contributed by atoms with E-state index in [4.69, 9.17) is 4.42 Å². The SMILES string of the molecule is Cc1cc(C(=O)N2Cc3cnn(C)c3Nc3ccccc32)ccc1CCC(=O)N1CCN(C(=O)c2ccco2)CC1. The molecule has 4 heterocycles. The molecule has 2 aliphatic heterocycles. The Bertz CT molecular complexity index is 1600. The minimum absolute atomic E-state index is 0.0654. The number of aromatic nitrogens is 2. The maximum atomic E-state index is 13.8. The summed E-state index contributed by atoms with van der Waals surface area (Å²) in [6.07, 6.45) is 4.23. The van der Waals surface area contributed by atoms with E-state index >= 15 is 0 Å². The quantitative estimate of drug-likeness (QED) is 0.399.